The van der Waals surface area contributed by atoms with E-state index in [0.29, 0.717) is 12.4 Å². The summed E-state index contributed by atoms with van der Waals surface area (Å²) in [5.41, 5.74) is 6.63. The molecule has 7 nitrogen and oxygen atoms in total. The van der Waals surface area contributed by atoms with E-state index in [1.807, 2.05) is 12.1 Å². The molecule has 2 aromatic heterocycles. The first-order valence-electron chi connectivity index (χ1n) is 7.91. The van der Waals surface area contributed by atoms with Gasteiger partial charge in [-0.1, -0.05) is 17.7 Å². The largest absolute Gasteiger partial charge is 0.365 e. The van der Waals surface area contributed by atoms with Gasteiger partial charge in [0.15, 0.2) is 11.0 Å². The third-order valence-corrected chi connectivity index (χ3v) is 4.18. The zero-order valence-corrected chi connectivity index (χ0v) is 14.0. The zero-order chi connectivity index (χ0) is 16.9. The minimum atomic E-state index is -0.600. The summed E-state index contributed by atoms with van der Waals surface area (Å²) in [7, 11) is 0. The lowest BCUT2D eigenvalue weighted by molar-refractivity contribution is 0.100. The number of nitrogens with two attached hydrogens (primary N) is 1. The molecule has 126 valence electrons. The predicted octanol–water partition coefficient (Wildman–Crippen LogP) is 2.23. The van der Waals surface area contributed by atoms with Gasteiger partial charge in [-0.05, 0) is 31.4 Å². The number of nitrogens with one attached hydrogen (secondary N) is 1. The number of amides is 1. The van der Waals surface area contributed by atoms with E-state index < -0.39 is 5.91 Å². The van der Waals surface area contributed by atoms with Gasteiger partial charge in [-0.25, -0.2) is 4.98 Å². The third-order valence-electron chi connectivity index (χ3n) is 4.00. The number of piperidine rings is 1. The molecule has 2 aromatic rings. The van der Waals surface area contributed by atoms with E-state index >= 15 is 0 Å². The van der Waals surface area contributed by atoms with E-state index in [9.17, 15) is 4.79 Å². The Balaban J connectivity index is 1.79. The van der Waals surface area contributed by atoms with Crippen molar-refractivity contribution in [3.63, 3.8) is 0 Å². The van der Waals surface area contributed by atoms with E-state index in [1.54, 1.807) is 6.20 Å². The van der Waals surface area contributed by atoms with Crippen molar-refractivity contribution in [2.24, 2.45) is 5.73 Å². The van der Waals surface area contributed by atoms with Crippen molar-refractivity contribution < 1.29 is 4.79 Å². The Hall–Kier alpha value is -2.41. The van der Waals surface area contributed by atoms with Crippen LogP contribution in [0.2, 0.25) is 5.15 Å². The van der Waals surface area contributed by atoms with Crippen molar-refractivity contribution in [3.8, 4) is 0 Å². The highest BCUT2D eigenvalue weighted by molar-refractivity contribution is 6.29. The number of carbonyl (C=O) groups excluding carboxylic acids is 1. The molecule has 0 aliphatic carbocycles. The molecule has 1 aliphatic rings. The fraction of sp³-hybridized carbons (Fsp3) is 0.375. The van der Waals surface area contributed by atoms with Crippen LogP contribution in [0.3, 0.4) is 0 Å². The minimum Gasteiger partial charge on any atom is -0.365 e. The molecule has 8 heteroatoms. The molecule has 0 saturated carbocycles. The molecule has 1 aliphatic heterocycles. The molecule has 0 radical (unpaired) electrons. The first-order chi connectivity index (χ1) is 11.6. The monoisotopic (exact) mass is 346 g/mol. The summed E-state index contributed by atoms with van der Waals surface area (Å²) in [5, 5.41) is 10.9. The summed E-state index contributed by atoms with van der Waals surface area (Å²) in [6, 6.07) is 5.32. The number of nitrogens with zero attached hydrogens (tertiary/aromatic N) is 4. The normalized spacial score (nSPS) is 14.5. The zero-order valence-electron chi connectivity index (χ0n) is 13.2. The number of halogens is 1. The maximum Gasteiger partial charge on any atom is 0.252 e. The average molecular weight is 347 g/mol. The van der Waals surface area contributed by atoms with Gasteiger partial charge in [-0.3, -0.25) is 4.79 Å². The molecule has 0 aromatic carbocycles. The molecule has 0 atom stereocenters. The summed E-state index contributed by atoms with van der Waals surface area (Å²) >= 11 is 5.78. The Morgan fingerprint density at radius 2 is 2.08 bits per heavy atom. The lowest BCUT2D eigenvalue weighted by Gasteiger charge is -2.29. The maximum atomic E-state index is 11.5. The van der Waals surface area contributed by atoms with Crippen molar-refractivity contribution in [1.29, 1.82) is 0 Å². The summed E-state index contributed by atoms with van der Waals surface area (Å²) in [6.45, 7) is 2.49. The molecule has 0 bridgehead atoms. The quantitative estimate of drug-likeness (QED) is 0.861. The van der Waals surface area contributed by atoms with Crippen LogP contribution >= 0.6 is 11.6 Å². The van der Waals surface area contributed by atoms with Gasteiger partial charge in [0.05, 0.1) is 5.56 Å². The van der Waals surface area contributed by atoms with Gasteiger partial charge < -0.3 is 16.0 Å². The number of carbonyl (C=O) groups is 1. The van der Waals surface area contributed by atoms with Crippen LogP contribution in [0.5, 0.6) is 0 Å². The first-order valence-corrected chi connectivity index (χ1v) is 8.28. The van der Waals surface area contributed by atoms with Crippen LogP contribution in [0.15, 0.2) is 24.4 Å². The van der Waals surface area contributed by atoms with Crippen molar-refractivity contribution in [2.75, 3.05) is 23.3 Å². The van der Waals surface area contributed by atoms with Crippen LogP contribution in [-0.4, -0.2) is 34.2 Å². The molecule has 0 unspecified atom stereocenters. The van der Waals surface area contributed by atoms with Gasteiger partial charge in [0.25, 0.3) is 5.91 Å². The molecular weight excluding hydrogens is 328 g/mol. The number of anilines is 2. The van der Waals surface area contributed by atoms with Crippen molar-refractivity contribution in [1.82, 2.24) is 15.2 Å². The van der Waals surface area contributed by atoms with E-state index in [0.717, 1.165) is 24.5 Å². The Labute approximate surface area is 145 Å². The van der Waals surface area contributed by atoms with Gasteiger partial charge in [0.1, 0.15) is 5.82 Å². The van der Waals surface area contributed by atoms with Gasteiger partial charge in [0, 0.05) is 31.4 Å². The standard InChI is InChI=1S/C16H19ClN6O/c17-13-9-12(14(18)24)15(22-21-13)20-10-11-5-4-6-19-16(11)23-7-2-1-3-8-23/h4-6,9H,1-3,7-8,10H2,(H2,18,24)(H,20,22). The second-order valence-electron chi connectivity index (χ2n) is 5.68. The fourth-order valence-corrected chi connectivity index (χ4v) is 2.97. The summed E-state index contributed by atoms with van der Waals surface area (Å²) in [6.07, 6.45) is 5.42. The fourth-order valence-electron chi connectivity index (χ4n) is 2.82. The van der Waals surface area contributed by atoms with Crippen LogP contribution in [0, 0.1) is 0 Å². The summed E-state index contributed by atoms with van der Waals surface area (Å²) in [5.74, 6) is 0.685. The molecular formula is C16H19ClN6O. The van der Waals surface area contributed by atoms with Crippen LogP contribution in [0.25, 0.3) is 0 Å². The van der Waals surface area contributed by atoms with Crippen molar-refractivity contribution >= 4 is 29.1 Å². The first kappa shape index (κ1) is 16.4. The topological polar surface area (TPSA) is 97.0 Å². The third kappa shape index (κ3) is 3.73. The molecule has 3 rings (SSSR count). The molecule has 3 N–H and O–H groups in total. The second kappa shape index (κ2) is 7.44. The predicted molar refractivity (Wildman–Crippen MR) is 93.2 cm³/mol. The van der Waals surface area contributed by atoms with E-state index in [1.165, 1.54) is 25.3 Å². The number of rotatable bonds is 5. The highest BCUT2D eigenvalue weighted by atomic mass is 35.5. The molecule has 0 spiro atoms. The lowest BCUT2D eigenvalue weighted by Crippen LogP contribution is -2.31. The van der Waals surface area contributed by atoms with Crippen LogP contribution in [0.4, 0.5) is 11.6 Å². The number of hydrogen-bond donors (Lipinski definition) is 2. The Kier molecular flexibility index (Phi) is 5.10. The average Bonchev–Trinajstić information content (AvgIpc) is 2.61. The van der Waals surface area contributed by atoms with Crippen molar-refractivity contribution in [2.45, 2.75) is 25.8 Å². The van der Waals surface area contributed by atoms with E-state index in [-0.39, 0.29) is 10.7 Å². The van der Waals surface area contributed by atoms with Gasteiger partial charge >= 0.3 is 0 Å². The highest BCUT2D eigenvalue weighted by Gasteiger charge is 2.17. The SMILES string of the molecule is NC(=O)c1cc(Cl)nnc1NCc1cccnc1N1CCCCC1. The number of pyridine rings is 1. The maximum absolute atomic E-state index is 11.5. The number of primary amides is 1. The number of hydrogen-bond acceptors (Lipinski definition) is 6. The Morgan fingerprint density at radius 1 is 1.29 bits per heavy atom. The molecule has 1 saturated heterocycles. The van der Waals surface area contributed by atoms with Crippen molar-refractivity contribution in [3.05, 3.63) is 40.7 Å². The minimum absolute atomic E-state index is 0.129. The van der Waals surface area contributed by atoms with Gasteiger partial charge in [-0.15, -0.1) is 10.2 Å². The van der Waals surface area contributed by atoms with Crippen LogP contribution in [-0.2, 0) is 6.54 Å². The second-order valence-corrected chi connectivity index (χ2v) is 6.07. The van der Waals surface area contributed by atoms with Crippen LogP contribution < -0.4 is 16.0 Å². The Morgan fingerprint density at radius 3 is 2.83 bits per heavy atom. The molecule has 3 heterocycles. The van der Waals surface area contributed by atoms with E-state index in [2.05, 4.69) is 25.4 Å². The van der Waals surface area contributed by atoms with Gasteiger partial charge in [0.2, 0.25) is 0 Å². The highest BCUT2D eigenvalue weighted by Crippen LogP contribution is 2.23. The van der Waals surface area contributed by atoms with Crippen LogP contribution in [0.1, 0.15) is 35.2 Å². The van der Waals surface area contributed by atoms with E-state index in [4.69, 9.17) is 17.3 Å². The molecule has 24 heavy (non-hydrogen) atoms. The summed E-state index contributed by atoms with van der Waals surface area (Å²) < 4.78 is 0. The number of aromatic nitrogens is 3. The summed E-state index contributed by atoms with van der Waals surface area (Å²) in [4.78, 5) is 18.4. The van der Waals surface area contributed by atoms with Gasteiger partial charge in [-0.2, -0.15) is 0 Å². The molecule has 1 fully saturated rings. The Bertz CT molecular complexity index is 732. The molecule has 1 amide bonds. The smallest absolute Gasteiger partial charge is 0.252 e. The lowest BCUT2D eigenvalue weighted by atomic mass is 10.1.